The summed E-state index contributed by atoms with van der Waals surface area (Å²) in [6.45, 7) is 5.78. The van der Waals surface area contributed by atoms with Gasteiger partial charge in [-0.05, 0) is 39.8 Å². The second-order valence-electron chi connectivity index (χ2n) is 9.49. The standard InChI is InChI=1S/C25H21ClF7N3O4/c1-5-40-22(38)20-12(10-7-6-9(26)8-11(10)34-20)19(21(37)36-24(2,3)4)35-23(39)25(32,33)13-14(27)16(29)18(31)17(30)15(13)28/h6-8,19,34H,5H2,1-4H3,(H,35,39)(H,36,37). The van der Waals surface area contributed by atoms with Gasteiger partial charge in [-0.2, -0.15) is 8.78 Å². The molecular formula is C25H21ClF7N3O4. The van der Waals surface area contributed by atoms with E-state index in [4.69, 9.17) is 16.3 Å². The first-order chi connectivity index (χ1) is 18.4. The molecule has 0 radical (unpaired) electrons. The molecule has 0 bridgehead atoms. The molecule has 216 valence electrons. The van der Waals surface area contributed by atoms with E-state index in [2.05, 4.69) is 10.3 Å². The molecule has 1 unspecified atom stereocenters. The van der Waals surface area contributed by atoms with Crippen LogP contribution in [-0.2, 0) is 20.2 Å². The Balaban J connectivity index is 2.24. The molecule has 1 heterocycles. The van der Waals surface area contributed by atoms with Crippen molar-refractivity contribution in [3.8, 4) is 0 Å². The number of hydrogen-bond acceptors (Lipinski definition) is 4. The highest BCUT2D eigenvalue weighted by Gasteiger charge is 2.50. The number of aromatic nitrogens is 1. The molecule has 3 N–H and O–H groups in total. The van der Waals surface area contributed by atoms with Crippen LogP contribution in [0.15, 0.2) is 18.2 Å². The summed E-state index contributed by atoms with van der Waals surface area (Å²) in [5.41, 5.74) is -4.52. The number of benzene rings is 2. The van der Waals surface area contributed by atoms with Gasteiger partial charge in [0.1, 0.15) is 17.3 Å². The van der Waals surface area contributed by atoms with Crippen molar-refractivity contribution in [2.45, 2.75) is 45.2 Å². The van der Waals surface area contributed by atoms with Crippen molar-refractivity contribution in [1.29, 1.82) is 0 Å². The molecule has 3 aromatic rings. The lowest BCUT2D eigenvalue weighted by Gasteiger charge is -2.27. The summed E-state index contributed by atoms with van der Waals surface area (Å²) in [5, 5.41) is 4.21. The molecule has 2 amide bonds. The largest absolute Gasteiger partial charge is 0.461 e. The van der Waals surface area contributed by atoms with Gasteiger partial charge >= 0.3 is 11.9 Å². The van der Waals surface area contributed by atoms with E-state index in [0.717, 1.165) is 0 Å². The van der Waals surface area contributed by atoms with Crippen molar-refractivity contribution >= 4 is 40.3 Å². The van der Waals surface area contributed by atoms with Crippen LogP contribution in [0.4, 0.5) is 30.7 Å². The lowest BCUT2D eigenvalue weighted by Crippen LogP contribution is -2.50. The molecule has 0 aliphatic heterocycles. The normalized spacial score (nSPS) is 12.8. The summed E-state index contributed by atoms with van der Waals surface area (Å²) in [4.78, 5) is 41.5. The van der Waals surface area contributed by atoms with E-state index in [1.54, 1.807) is 5.32 Å². The van der Waals surface area contributed by atoms with Crippen molar-refractivity contribution in [2.75, 3.05) is 6.61 Å². The number of ether oxygens (including phenoxy) is 1. The number of carbonyl (C=O) groups is 3. The molecule has 0 saturated carbocycles. The number of carbonyl (C=O) groups excluding carboxylic acids is 3. The number of rotatable bonds is 7. The molecule has 40 heavy (non-hydrogen) atoms. The fourth-order valence-electron chi connectivity index (χ4n) is 3.78. The van der Waals surface area contributed by atoms with Crippen LogP contribution in [0.25, 0.3) is 10.9 Å². The van der Waals surface area contributed by atoms with Gasteiger partial charge in [-0.3, -0.25) is 9.59 Å². The Kier molecular flexibility index (Phi) is 8.44. The third kappa shape index (κ3) is 5.71. The Bertz CT molecular complexity index is 1490. The van der Waals surface area contributed by atoms with Gasteiger partial charge in [-0.25, -0.2) is 26.7 Å². The van der Waals surface area contributed by atoms with Crippen molar-refractivity contribution in [3.05, 3.63) is 69.1 Å². The second kappa shape index (κ2) is 11.0. The van der Waals surface area contributed by atoms with Gasteiger partial charge in [-0.1, -0.05) is 17.7 Å². The van der Waals surface area contributed by atoms with E-state index >= 15 is 8.78 Å². The Morgan fingerprint density at radius 2 is 1.52 bits per heavy atom. The second-order valence-corrected chi connectivity index (χ2v) is 9.93. The lowest BCUT2D eigenvalue weighted by molar-refractivity contribution is -0.150. The minimum absolute atomic E-state index is 0.0290. The molecule has 0 spiro atoms. The lowest BCUT2D eigenvalue weighted by atomic mass is 9.98. The van der Waals surface area contributed by atoms with E-state index in [9.17, 15) is 36.3 Å². The Morgan fingerprint density at radius 1 is 0.975 bits per heavy atom. The SMILES string of the molecule is CCOC(=O)c1[nH]c2cc(Cl)ccc2c1C(NC(=O)C(F)(F)c1c(F)c(F)c(F)c(F)c1F)C(=O)NC(C)(C)C. The van der Waals surface area contributed by atoms with E-state index in [1.165, 1.54) is 45.9 Å². The van der Waals surface area contributed by atoms with Gasteiger partial charge < -0.3 is 20.4 Å². The number of amides is 2. The van der Waals surface area contributed by atoms with Gasteiger partial charge in [0.2, 0.25) is 11.7 Å². The van der Waals surface area contributed by atoms with Crippen LogP contribution in [0.3, 0.4) is 0 Å². The average molecular weight is 596 g/mol. The zero-order valence-electron chi connectivity index (χ0n) is 21.2. The van der Waals surface area contributed by atoms with Gasteiger partial charge in [0.15, 0.2) is 23.3 Å². The van der Waals surface area contributed by atoms with Gasteiger partial charge in [0, 0.05) is 27.0 Å². The molecule has 7 nitrogen and oxygen atoms in total. The van der Waals surface area contributed by atoms with Crippen LogP contribution in [0.2, 0.25) is 5.02 Å². The van der Waals surface area contributed by atoms with Crippen LogP contribution < -0.4 is 10.6 Å². The number of alkyl halides is 2. The molecule has 3 rings (SSSR count). The van der Waals surface area contributed by atoms with E-state index < -0.39 is 81.2 Å². The maximum Gasteiger partial charge on any atom is 0.355 e. The number of esters is 1. The minimum Gasteiger partial charge on any atom is -0.461 e. The summed E-state index contributed by atoms with van der Waals surface area (Å²) in [6, 6.07) is 1.75. The highest BCUT2D eigenvalue weighted by molar-refractivity contribution is 6.31. The zero-order valence-corrected chi connectivity index (χ0v) is 21.9. The number of nitrogens with one attached hydrogen (secondary N) is 3. The monoisotopic (exact) mass is 595 g/mol. The summed E-state index contributed by atoms with van der Waals surface area (Å²) in [7, 11) is 0. The molecule has 1 aromatic heterocycles. The van der Waals surface area contributed by atoms with E-state index in [1.807, 2.05) is 0 Å². The first-order valence-electron chi connectivity index (χ1n) is 11.4. The molecule has 0 fully saturated rings. The number of fused-ring (bicyclic) bond motifs is 1. The van der Waals surface area contributed by atoms with Crippen molar-refractivity contribution in [1.82, 2.24) is 15.6 Å². The average Bonchev–Trinajstić information content (AvgIpc) is 3.21. The zero-order chi connectivity index (χ0) is 30.3. The molecule has 15 heteroatoms. The Labute approximate surface area is 227 Å². The number of aromatic amines is 1. The fourth-order valence-corrected chi connectivity index (χ4v) is 3.95. The predicted molar refractivity (Wildman–Crippen MR) is 128 cm³/mol. The van der Waals surface area contributed by atoms with Gasteiger partial charge in [-0.15, -0.1) is 0 Å². The summed E-state index contributed by atoms with van der Waals surface area (Å²) in [5.74, 6) is -24.2. The molecule has 0 aliphatic rings. The third-order valence-corrected chi connectivity index (χ3v) is 5.65. The predicted octanol–water partition coefficient (Wildman–Crippen LogP) is 5.56. The highest BCUT2D eigenvalue weighted by atomic mass is 35.5. The topological polar surface area (TPSA) is 100 Å². The Hall–Kier alpha value is -3.81. The van der Waals surface area contributed by atoms with E-state index in [-0.39, 0.29) is 22.5 Å². The first-order valence-corrected chi connectivity index (χ1v) is 11.8. The van der Waals surface area contributed by atoms with Crippen molar-refractivity contribution in [2.24, 2.45) is 0 Å². The van der Waals surface area contributed by atoms with Crippen LogP contribution in [-0.4, -0.2) is 34.9 Å². The summed E-state index contributed by atoms with van der Waals surface area (Å²) >= 11 is 5.99. The fraction of sp³-hybridized carbons (Fsp3) is 0.320. The first kappa shape index (κ1) is 30.7. The molecule has 1 atom stereocenters. The van der Waals surface area contributed by atoms with Gasteiger partial charge in [0.05, 0.1) is 6.61 Å². The van der Waals surface area contributed by atoms with Crippen LogP contribution in [0, 0.1) is 29.1 Å². The number of hydrogen-bond donors (Lipinski definition) is 3. The molecule has 0 aliphatic carbocycles. The highest BCUT2D eigenvalue weighted by Crippen LogP contribution is 2.38. The Morgan fingerprint density at radius 3 is 2.05 bits per heavy atom. The summed E-state index contributed by atoms with van der Waals surface area (Å²) in [6.07, 6.45) is 0. The quantitative estimate of drug-likeness (QED) is 0.144. The minimum atomic E-state index is -5.39. The van der Waals surface area contributed by atoms with Crippen molar-refractivity contribution < 1.29 is 49.9 Å². The number of halogens is 8. The number of H-pyrrole nitrogens is 1. The molecular weight excluding hydrogens is 575 g/mol. The van der Waals surface area contributed by atoms with Crippen LogP contribution >= 0.6 is 11.6 Å². The maximum absolute atomic E-state index is 15.1. The maximum atomic E-state index is 15.1. The third-order valence-electron chi connectivity index (χ3n) is 5.41. The van der Waals surface area contributed by atoms with Gasteiger partial charge in [0.25, 0.3) is 5.91 Å². The molecule has 0 saturated heterocycles. The molecule has 2 aromatic carbocycles. The van der Waals surface area contributed by atoms with E-state index in [0.29, 0.717) is 0 Å². The van der Waals surface area contributed by atoms with Crippen LogP contribution in [0.5, 0.6) is 0 Å². The van der Waals surface area contributed by atoms with Crippen LogP contribution in [0.1, 0.15) is 55.4 Å². The van der Waals surface area contributed by atoms with Crippen molar-refractivity contribution in [3.63, 3.8) is 0 Å². The smallest absolute Gasteiger partial charge is 0.355 e. The summed E-state index contributed by atoms with van der Waals surface area (Å²) < 4.78 is 104.